The normalized spacial score (nSPS) is 26.8. The quantitative estimate of drug-likeness (QED) is 0.709. The molecule has 3 heterocycles. The predicted octanol–water partition coefficient (Wildman–Crippen LogP) is 1.25. The van der Waals surface area contributed by atoms with E-state index in [-0.39, 0.29) is 16.9 Å². The third-order valence-electron chi connectivity index (χ3n) is 5.52. The van der Waals surface area contributed by atoms with Crippen LogP contribution in [0.25, 0.3) is 5.57 Å². The van der Waals surface area contributed by atoms with Gasteiger partial charge in [-0.2, -0.15) is 0 Å². The molecule has 0 bridgehead atoms. The van der Waals surface area contributed by atoms with E-state index in [0.29, 0.717) is 12.1 Å². The number of ketones is 1. The number of aliphatic imine (C=N–C) groups is 1. The Morgan fingerprint density at radius 2 is 2.17 bits per heavy atom. The molecule has 0 aromatic heterocycles. The summed E-state index contributed by atoms with van der Waals surface area (Å²) >= 11 is 0. The molecular formula is C18H17N3O2. The molecule has 0 saturated carbocycles. The second-order valence-electron chi connectivity index (χ2n) is 6.72. The molecule has 5 nitrogen and oxygen atoms in total. The summed E-state index contributed by atoms with van der Waals surface area (Å²) in [5.74, 6) is 0.411. The van der Waals surface area contributed by atoms with E-state index >= 15 is 0 Å². The molecule has 5 rings (SSSR count). The Hall–Kier alpha value is -2.43. The molecular weight excluding hydrogens is 290 g/mol. The molecule has 1 spiro atoms. The number of phenols is 1. The summed E-state index contributed by atoms with van der Waals surface area (Å²) < 4.78 is 0. The van der Waals surface area contributed by atoms with Crippen LogP contribution in [0.1, 0.15) is 31.2 Å². The van der Waals surface area contributed by atoms with Crippen molar-refractivity contribution in [2.24, 2.45) is 9.98 Å². The van der Waals surface area contributed by atoms with Crippen molar-refractivity contribution in [3.05, 3.63) is 28.3 Å². The lowest BCUT2D eigenvalue weighted by Gasteiger charge is -2.39. The number of nitrogens with one attached hydrogen (secondary N) is 1. The van der Waals surface area contributed by atoms with Crippen molar-refractivity contribution >= 4 is 28.9 Å². The van der Waals surface area contributed by atoms with Crippen molar-refractivity contribution in [3.8, 4) is 5.75 Å². The minimum Gasteiger partial charge on any atom is -0.504 e. The first-order valence-corrected chi connectivity index (χ1v) is 8.17. The lowest BCUT2D eigenvalue weighted by Crippen LogP contribution is -2.45. The molecule has 0 fully saturated rings. The number of carbonyl (C=O) groups is 1. The fraction of sp³-hybridized carbons (Fsp3) is 0.389. The first kappa shape index (κ1) is 13.0. The van der Waals surface area contributed by atoms with E-state index < -0.39 is 0 Å². The summed E-state index contributed by atoms with van der Waals surface area (Å²) in [4.78, 5) is 20.9. The zero-order chi connectivity index (χ0) is 15.6. The highest BCUT2D eigenvalue weighted by Crippen LogP contribution is 2.47. The van der Waals surface area contributed by atoms with Crippen LogP contribution in [0.4, 0.5) is 11.4 Å². The van der Waals surface area contributed by atoms with Gasteiger partial charge in [0.2, 0.25) is 0 Å². The van der Waals surface area contributed by atoms with Crippen molar-refractivity contribution in [1.82, 2.24) is 0 Å². The monoisotopic (exact) mass is 307 g/mol. The largest absolute Gasteiger partial charge is 0.504 e. The number of benzene rings is 1. The van der Waals surface area contributed by atoms with Crippen molar-refractivity contribution in [2.45, 2.75) is 31.1 Å². The van der Waals surface area contributed by atoms with Gasteiger partial charge in [0.15, 0.2) is 11.5 Å². The van der Waals surface area contributed by atoms with Gasteiger partial charge in [0.1, 0.15) is 5.69 Å². The highest BCUT2D eigenvalue weighted by Gasteiger charge is 2.41. The van der Waals surface area contributed by atoms with Crippen molar-refractivity contribution in [1.29, 1.82) is 0 Å². The number of rotatable bonds is 0. The van der Waals surface area contributed by atoms with Crippen molar-refractivity contribution < 1.29 is 9.90 Å². The molecule has 1 atom stereocenters. The Bertz CT molecular complexity index is 942. The lowest BCUT2D eigenvalue weighted by molar-refractivity contribution is -0.115. The van der Waals surface area contributed by atoms with Gasteiger partial charge in [-0.3, -0.25) is 14.8 Å². The maximum absolute atomic E-state index is 11.7. The van der Waals surface area contributed by atoms with Gasteiger partial charge in [-0.15, -0.1) is 0 Å². The number of aromatic hydroxyl groups is 1. The fourth-order valence-corrected chi connectivity index (χ4v) is 4.36. The first-order valence-electron chi connectivity index (χ1n) is 8.17. The summed E-state index contributed by atoms with van der Waals surface area (Å²) in [6.45, 7) is 1.53. The average molecular weight is 307 g/mol. The van der Waals surface area contributed by atoms with Crippen LogP contribution >= 0.6 is 0 Å². The van der Waals surface area contributed by atoms with E-state index in [9.17, 15) is 9.90 Å². The lowest BCUT2D eigenvalue weighted by atomic mass is 9.68. The molecule has 0 radical (unpaired) electrons. The van der Waals surface area contributed by atoms with E-state index in [4.69, 9.17) is 4.99 Å². The molecule has 1 aromatic carbocycles. The van der Waals surface area contributed by atoms with Gasteiger partial charge in [0.25, 0.3) is 0 Å². The summed E-state index contributed by atoms with van der Waals surface area (Å²) in [6, 6.07) is 0. The third-order valence-corrected chi connectivity index (χ3v) is 5.52. The molecule has 5 heteroatoms. The summed E-state index contributed by atoms with van der Waals surface area (Å²) in [5, 5.41) is 16.1. The molecule has 2 N–H and O–H groups in total. The number of allylic oxidation sites excluding steroid dienone is 2. The van der Waals surface area contributed by atoms with E-state index in [0.717, 1.165) is 54.2 Å². The number of hydrogen-bond donors (Lipinski definition) is 2. The van der Waals surface area contributed by atoms with Crippen LogP contribution in [-0.2, 0) is 10.2 Å². The van der Waals surface area contributed by atoms with Crippen LogP contribution in [0, 0.1) is 0 Å². The van der Waals surface area contributed by atoms with E-state index in [1.165, 1.54) is 5.57 Å². The van der Waals surface area contributed by atoms with Crippen LogP contribution in [0.5, 0.6) is 5.75 Å². The number of anilines is 1. The van der Waals surface area contributed by atoms with Gasteiger partial charge in [-0.05, 0) is 30.9 Å². The Morgan fingerprint density at radius 1 is 1.26 bits per heavy atom. The standard InChI is InChI=1S/C18H17N3O2/c22-11-1-4-18(5-2-11)6-8-20-16-13(18)14-12-10(3-7-19-14)9-21-15(12)17(16)23/h1,4,9,20,23H,2-3,5-8H2. The Balaban J connectivity index is 1.92. The summed E-state index contributed by atoms with van der Waals surface area (Å²) in [7, 11) is 0. The molecule has 116 valence electrons. The molecule has 0 amide bonds. The molecule has 3 aliphatic heterocycles. The first-order chi connectivity index (χ1) is 11.2. The molecule has 1 unspecified atom stereocenters. The van der Waals surface area contributed by atoms with Gasteiger partial charge in [0, 0.05) is 41.9 Å². The van der Waals surface area contributed by atoms with Gasteiger partial charge < -0.3 is 10.4 Å². The van der Waals surface area contributed by atoms with Crippen molar-refractivity contribution in [3.63, 3.8) is 0 Å². The second-order valence-corrected chi connectivity index (χ2v) is 6.72. The van der Waals surface area contributed by atoms with E-state index in [2.05, 4.69) is 10.3 Å². The van der Waals surface area contributed by atoms with Gasteiger partial charge in [-0.25, -0.2) is 0 Å². The highest BCUT2D eigenvalue weighted by molar-refractivity contribution is 6.08. The minimum absolute atomic E-state index is 0.183. The molecule has 1 aliphatic carbocycles. The van der Waals surface area contributed by atoms with Gasteiger partial charge >= 0.3 is 0 Å². The summed E-state index contributed by atoms with van der Waals surface area (Å²) in [6.07, 6.45) is 8.74. The Morgan fingerprint density at radius 3 is 3.00 bits per heavy atom. The van der Waals surface area contributed by atoms with Crippen molar-refractivity contribution in [2.75, 3.05) is 18.4 Å². The van der Waals surface area contributed by atoms with Gasteiger partial charge in [0.05, 0.1) is 11.0 Å². The number of fused-ring (bicyclic) bond motifs is 3. The smallest absolute Gasteiger partial charge is 0.165 e. The van der Waals surface area contributed by atoms with E-state index in [1.54, 1.807) is 6.08 Å². The summed E-state index contributed by atoms with van der Waals surface area (Å²) in [5.41, 5.74) is 3.43. The average Bonchev–Trinajstić information content (AvgIpc) is 3.01. The predicted molar refractivity (Wildman–Crippen MR) is 88.1 cm³/mol. The van der Waals surface area contributed by atoms with Crippen LogP contribution in [-0.4, -0.2) is 30.2 Å². The fourth-order valence-electron chi connectivity index (χ4n) is 4.36. The minimum atomic E-state index is -0.203. The van der Waals surface area contributed by atoms with Crippen LogP contribution < -0.4 is 15.9 Å². The molecule has 23 heavy (non-hydrogen) atoms. The maximum atomic E-state index is 11.7. The highest BCUT2D eigenvalue weighted by atomic mass is 16.3. The zero-order valence-electron chi connectivity index (χ0n) is 12.7. The van der Waals surface area contributed by atoms with Gasteiger partial charge in [-0.1, -0.05) is 6.08 Å². The number of nitrogens with zero attached hydrogens (tertiary/aromatic N) is 2. The zero-order valence-corrected chi connectivity index (χ0v) is 12.7. The number of hydrogen-bond acceptors (Lipinski definition) is 5. The number of carbonyl (C=O) groups excluding carboxylic acids is 1. The topological polar surface area (TPSA) is 74.0 Å². The third kappa shape index (κ3) is 1.59. The Labute approximate surface area is 133 Å². The molecule has 4 aliphatic rings. The van der Waals surface area contributed by atoms with Crippen LogP contribution in [0.2, 0.25) is 0 Å². The number of phenolic OH excluding ortho intramolecular Hbond substituents is 1. The Kier molecular flexibility index (Phi) is 2.45. The second kappa shape index (κ2) is 4.31. The molecule has 0 saturated heterocycles. The molecule has 1 aromatic rings. The SMILES string of the molecule is O=C1C=CC2(CCNc3c(O)c4c5c(c32)=NCCC=5C=N4)CC1. The maximum Gasteiger partial charge on any atom is 0.165 e. The van der Waals surface area contributed by atoms with Crippen LogP contribution in [0.3, 0.4) is 0 Å². The van der Waals surface area contributed by atoms with E-state index in [1.807, 2.05) is 12.3 Å². The van der Waals surface area contributed by atoms with Crippen LogP contribution in [0.15, 0.2) is 22.1 Å².